The first-order chi connectivity index (χ1) is 20.4. The number of hydrogen-bond acceptors (Lipinski definition) is 5. The van der Waals surface area contributed by atoms with E-state index in [0.29, 0.717) is 23.6 Å². The highest BCUT2D eigenvalue weighted by atomic mass is 35.5. The lowest BCUT2D eigenvalue weighted by molar-refractivity contribution is -0.133. The number of carbonyl (C=O) groups is 3. The zero-order valence-electron chi connectivity index (χ0n) is 24.3. The molecule has 220 valence electrons. The van der Waals surface area contributed by atoms with E-state index in [0.717, 1.165) is 66.5 Å². The van der Waals surface area contributed by atoms with Crippen LogP contribution in [0.25, 0.3) is 10.9 Å². The fourth-order valence-electron chi connectivity index (χ4n) is 5.24. The predicted molar refractivity (Wildman–Crippen MR) is 167 cm³/mol. The van der Waals surface area contributed by atoms with Crippen LogP contribution >= 0.6 is 11.6 Å². The molecular formula is C34H38ClN3O4. The van der Waals surface area contributed by atoms with E-state index in [1.807, 2.05) is 50.2 Å². The highest BCUT2D eigenvalue weighted by molar-refractivity contribution is 6.30. The van der Waals surface area contributed by atoms with E-state index in [2.05, 4.69) is 22.3 Å². The van der Waals surface area contributed by atoms with Crippen molar-refractivity contribution in [3.8, 4) is 0 Å². The third-order valence-electron chi connectivity index (χ3n) is 7.42. The second-order valence-electron chi connectivity index (χ2n) is 10.6. The Kier molecular flexibility index (Phi) is 11.3. The topological polar surface area (TPSA) is 80.6 Å². The van der Waals surface area contributed by atoms with Crippen molar-refractivity contribution in [3.63, 3.8) is 0 Å². The van der Waals surface area contributed by atoms with Gasteiger partial charge in [0.05, 0.1) is 11.9 Å². The van der Waals surface area contributed by atoms with E-state index >= 15 is 0 Å². The molecule has 0 bridgehead atoms. The van der Waals surface area contributed by atoms with Crippen LogP contribution in [0.3, 0.4) is 0 Å². The molecular weight excluding hydrogens is 550 g/mol. The van der Waals surface area contributed by atoms with Crippen molar-refractivity contribution < 1.29 is 19.1 Å². The molecule has 0 aliphatic carbocycles. The van der Waals surface area contributed by atoms with Crippen LogP contribution < -0.4 is 5.32 Å². The van der Waals surface area contributed by atoms with Crippen LogP contribution in [-0.2, 0) is 27.3 Å². The second kappa shape index (κ2) is 15.3. The molecule has 0 radical (unpaired) electrons. The molecule has 0 atom stereocenters. The van der Waals surface area contributed by atoms with E-state index in [9.17, 15) is 14.4 Å². The van der Waals surface area contributed by atoms with E-state index in [4.69, 9.17) is 16.3 Å². The molecule has 3 aromatic carbocycles. The summed E-state index contributed by atoms with van der Waals surface area (Å²) in [7, 11) is 0. The zero-order valence-corrected chi connectivity index (χ0v) is 25.0. The lowest BCUT2D eigenvalue weighted by atomic mass is 10.1. The van der Waals surface area contributed by atoms with E-state index in [-0.39, 0.29) is 25.0 Å². The Morgan fingerprint density at radius 1 is 0.952 bits per heavy atom. The quantitative estimate of drug-likeness (QED) is 0.0982. The minimum Gasteiger partial charge on any atom is -0.452 e. The lowest BCUT2D eigenvalue weighted by Gasteiger charge is -2.21. The smallest absolute Gasteiger partial charge is 0.294 e. The molecule has 0 aliphatic heterocycles. The van der Waals surface area contributed by atoms with Gasteiger partial charge in [0.2, 0.25) is 5.91 Å². The number of nitrogens with one attached hydrogen (secondary N) is 1. The number of nitrogens with zero attached hydrogens (tertiary/aromatic N) is 2. The molecule has 8 heteroatoms. The summed E-state index contributed by atoms with van der Waals surface area (Å²) in [4.78, 5) is 39.2. The maximum Gasteiger partial charge on any atom is 0.294 e. The third kappa shape index (κ3) is 8.30. The van der Waals surface area contributed by atoms with Crippen LogP contribution in [0.2, 0.25) is 5.02 Å². The molecule has 0 unspecified atom stereocenters. The Morgan fingerprint density at radius 2 is 1.69 bits per heavy atom. The Balaban J connectivity index is 1.28. The van der Waals surface area contributed by atoms with Gasteiger partial charge in [-0.05, 0) is 74.2 Å². The molecule has 1 aromatic heterocycles. The lowest BCUT2D eigenvalue weighted by Crippen LogP contribution is -2.27. The van der Waals surface area contributed by atoms with Crippen LogP contribution in [0.4, 0.5) is 0 Å². The number of hydrogen-bond donors (Lipinski definition) is 1. The number of aryl methyl sites for hydroxylation is 1. The van der Waals surface area contributed by atoms with Crippen molar-refractivity contribution in [2.24, 2.45) is 0 Å². The summed E-state index contributed by atoms with van der Waals surface area (Å²) in [5, 5.41) is 4.55. The van der Waals surface area contributed by atoms with Crippen molar-refractivity contribution >= 4 is 40.8 Å². The molecule has 1 N–H and O–H groups in total. The Morgan fingerprint density at radius 3 is 2.43 bits per heavy atom. The number of aromatic nitrogens is 1. The number of carbonyl (C=O) groups excluding carboxylic acids is 3. The van der Waals surface area contributed by atoms with Gasteiger partial charge >= 0.3 is 0 Å². The van der Waals surface area contributed by atoms with E-state index < -0.39 is 0 Å². The summed E-state index contributed by atoms with van der Waals surface area (Å²) in [6.45, 7) is 6.81. The summed E-state index contributed by atoms with van der Waals surface area (Å²) in [5.41, 5.74) is 5.21. The van der Waals surface area contributed by atoms with Crippen LogP contribution in [0, 0.1) is 13.8 Å². The fraction of sp³-hybridized carbons (Fsp3) is 0.324. The Bertz CT molecular complexity index is 1500. The van der Waals surface area contributed by atoms with Gasteiger partial charge in [-0.2, -0.15) is 0 Å². The van der Waals surface area contributed by atoms with Crippen LogP contribution in [-0.4, -0.2) is 47.6 Å². The third-order valence-corrected chi connectivity index (χ3v) is 7.67. The first kappa shape index (κ1) is 31.0. The zero-order chi connectivity index (χ0) is 29.9. The summed E-state index contributed by atoms with van der Waals surface area (Å²) >= 11 is 6.02. The standard InChI is InChI=1S/C34H38ClN3O4/c1-25-12-17-32-31(20-25)30(26(2)38(32)34(41)28-13-15-29(35)16-14-28)21-33(40)36-18-8-3-4-9-19-37(23-42-24-39)22-27-10-6-5-7-11-27/h5-7,10-17,20,24H,3-4,8-9,18-19,21-23H2,1-2H3,(H,36,40). The van der Waals surface area contributed by atoms with Crippen molar-refractivity contribution in [1.82, 2.24) is 14.8 Å². The summed E-state index contributed by atoms with van der Waals surface area (Å²) < 4.78 is 6.69. The SMILES string of the molecule is Cc1ccc2c(c1)c(CC(=O)NCCCCCCN(COC=O)Cc1ccccc1)c(C)n2C(=O)c1ccc(Cl)cc1. The maximum atomic E-state index is 13.5. The van der Waals surface area contributed by atoms with Crippen molar-refractivity contribution in [2.45, 2.75) is 52.5 Å². The number of amides is 1. The van der Waals surface area contributed by atoms with Gasteiger partial charge < -0.3 is 10.1 Å². The maximum absolute atomic E-state index is 13.5. The Hall–Kier alpha value is -3.94. The van der Waals surface area contributed by atoms with Gasteiger partial charge in [0.1, 0.15) is 6.73 Å². The second-order valence-corrected chi connectivity index (χ2v) is 11.0. The predicted octanol–water partition coefficient (Wildman–Crippen LogP) is 6.45. The van der Waals surface area contributed by atoms with Crippen molar-refractivity contribution in [2.75, 3.05) is 19.8 Å². The highest BCUT2D eigenvalue weighted by Crippen LogP contribution is 2.29. The number of unbranched alkanes of at least 4 members (excludes halogenated alkanes) is 3. The minimum atomic E-state index is -0.148. The molecule has 1 amide bonds. The fourth-order valence-corrected chi connectivity index (χ4v) is 5.36. The highest BCUT2D eigenvalue weighted by Gasteiger charge is 2.21. The van der Waals surface area contributed by atoms with Gasteiger partial charge in [-0.25, -0.2) is 0 Å². The largest absolute Gasteiger partial charge is 0.452 e. The van der Waals surface area contributed by atoms with Gasteiger partial charge in [0, 0.05) is 41.3 Å². The van der Waals surface area contributed by atoms with Crippen molar-refractivity contribution in [3.05, 3.63) is 106 Å². The molecule has 0 saturated carbocycles. The molecule has 4 rings (SSSR count). The summed E-state index contributed by atoms with van der Waals surface area (Å²) in [5.74, 6) is -0.206. The summed E-state index contributed by atoms with van der Waals surface area (Å²) in [6.07, 6.45) is 4.06. The van der Waals surface area contributed by atoms with Gasteiger partial charge in [-0.15, -0.1) is 0 Å². The molecule has 1 heterocycles. The molecule has 42 heavy (non-hydrogen) atoms. The number of benzene rings is 3. The number of ether oxygens (including phenoxy) is 1. The summed E-state index contributed by atoms with van der Waals surface area (Å²) in [6, 6.07) is 22.9. The van der Waals surface area contributed by atoms with Crippen LogP contribution in [0.15, 0.2) is 72.8 Å². The van der Waals surface area contributed by atoms with Gasteiger partial charge in [0.15, 0.2) is 0 Å². The Labute approximate surface area is 252 Å². The molecule has 7 nitrogen and oxygen atoms in total. The molecule has 0 aliphatic rings. The number of halogens is 1. The number of rotatable bonds is 15. The normalized spacial score (nSPS) is 11.1. The minimum absolute atomic E-state index is 0.0577. The van der Waals surface area contributed by atoms with Gasteiger partial charge in [-0.1, -0.05) is 66.4 Å². The average molecular weight is 588 g/mol. The van der Waals surface area contributed by atoms with Crippen LogP contribution in [0.5, 0.6) is 0 Å². The first-order valence-electron chi connectivity index (χ1n) is 14.4. The average Bonchev–Trinajstić information content (AvgIpc) is 3.25. The molecule has 0 saturated heterocycles. The van der Waals surface area contributed by atoms with E-state index in [1.54, 1.807) is 28.8 Å². The van der Waals surface area contributed by atoms with Gasteiger partial charge in [-0.3, -0.25) is 23.9 Å². The molecule has 0 spiro atoms. The van der Waals surface area contributed by atoms with Gasteiger partial charge in [0.25, 0.3) is 12.4 Å². The molecule has 4 aromatic rings. The van der Waals surface area contributed by atoms with E-state index in [1.165, 1.54) is 5.56 Å². The molecule has 0 fully saturated rings. The number of fused-ring (bicyclic) bond motifs is 1. The monoisotopic (exact) mass is 587 g/mol. The van der Waals surface area contributed by atoms with Crippen molar-refractivity contribution in [1.29, 1.82) is 0 Å². The van der Waals surface area contributed by atoms with Crippen LogP contribution in [0.1, 0.15) is 58.4 Å². The first-order valence-corrected chi connectivity index (χ1v) is 14.7.